The SMILES string of the molecule is CCn1cc(C(N)c2ccc(F)c(OC)c2)cn1. The molecular weight excluding hydrogens is 233 g/mol. The van der Waals surface area contributed by atoms with Gasteiger partial charge in [0.15, 0.2) is 11.6 Å². The zero-order chi connectivity index (χ0) is 13.1. The molecule has 1 aromatic heterocycles. The summed E-state index contributed by atoms with van der Waals surface area (Å²) in [6, 6.07) is 4.30. The summed E-state index contributed by atoms with van der Waals surface area (Å²) >= 11 is 0. The maximum atomic E-state index is 13.3. The van der Waals surface area contributed by atoms with Crippen molar-refractivity contribution in [2.24, 2.45) is 5.73 Å². The van der Waals surface area contributed by atoms with Crippen LogP contribution < -0.4 is 10.5 Å². The lowest BCUT2D eigenvalue weighted by Gasteiger charge is -2.11. The highest BCUT2D eigenvalue weighted by atomic mass is 19.1. The van der Waals surface area contributed by atoms with Crippen LogP contribution in [0.25, 0.3) is 0 Å². The van der Waals surface area contributed by atoms with E-state index in [9.17, 15) is 4.39 Å². The summed E-state index contributed by atoms with van der Waals surface area (Å²) in [7, 11) is 1.43. The molecule has 0 fully saturated rings. The van der Waals surface area contributed by atoms with Crippen molar-refractivity contribution in [2.75, 3.05) is 7.11 Å². The van der Waals surface area contributed by atoms with Gasteiger partial charge in [-0.15, -0.1) is 0 Å². The van der Waals surface area contributed by atoms with E-state index in [2.05, 4.69) is 5.10 Å². The van der Waals surface area contributed by atoms with Gasteiger partial charge in [0.25, 0.3) is 0 Å². The molecule has 1 aromatic carbocycles. The monoisotopic (exact) mass is 249 g/mol. The molecule has 1 atom stereocenters. The van der Waals surface area contributed by atoms with E-state index in [0.29, 0.717) is 0 Å². The lowest BCUT2D eigenvalue weighted by Crippen LogP contribution is -2.11. The highest BCUT2D eigenvalue weighted by Crippen LogP contribution is 2.25. The molecule has 0 spiro atoms. The Morgan fingerprint density at radius 1 is 1.44 bits per heavy atom. The first-order valence-electron chi connectivity index (χ1n) is 5.77. The molecule has 2 N–H and O–H groups in total. The molecule has 0 aliphatic heterocycles. The molecule has 0 aliphatic rings. The molecule has 0 amide bonds. The Bertz CT molecular complexity index is 539. The molecule has 0 saturated heterocycles. The van der Waals surface area contributed by atoms with Gasteiger partial charge in [-0.1, -0.05) is 6.07 Å². The molecule has 2 aromatic rings. The molecular formula is C13H16FN3O. The Balaban J connectivity index is 2.30. The Labute approximate surface area is 105 Å². The number of methoxy groups -OCH3 is 1. The smallest absolute Gasteiger partial charge is 0.165 e. The molecule has 18 heavy (non-hydrogen) atoms. The van der Waals surface area contributed by atoms with Gasteiger partial charge in [-0.25, -0.2) is 4.39 Å². The van der Waals surface area contributed by atoms with Gasteiger partial charge in [0.05, 0.1) is 19.3 Å². The lowest BCUT2D eigenvalue weighted by molar-refractivity contribution is 0.385. The largest absolute Gasteiger partial charge is 0.494 e. The average Bonchev–Trinajstić information content (AvgIpc) is 2.87. The van der Waals surface area contributed by atoms with E-state index in [1.807, 2.05) is 13.1 Å². The van der Waals surface area contributed by atoms with Crippen LogP contribution in [0.5, 0.6) is 5.75 Å². The lowest BCUT2D eigenvalue weighted by atomic mass is 10.0. The standard InChI is InChI=1S/C13H16FN3O/c1-3-17-8-10(7-16-17)13(15)9-4-5-11(14)12(6-9)18-2/h4-8,13H,3,15H2,1-2H3. The number of aryl methyl sites for hydroxylation is 1. The maximum absolute atomic E-state index is 13.3. The zero-order valence-electron chi connectivity index (χ0n) is 10.4. The quantitative estimate of drug-likeness (QED) is 0.902. The number of hydrogen-bond donors (Lipinski definition) is 1. The summed E-state index contributed by atoms with van der Waals surface area (Å²) in [5.74, 6) is -0.191. The number of rotatable bonds is 4. The predicted molar refractivity (Wildman–Crippen MR) is 66.9 cm³/mol. The van der Waals surface area contributed by atoms with Crippen molar-refractivity contribution in [3.05, 3.63) is 47.5 Å². The summed E-state index contributed by atoms with van der Waals surface area (Å²) < 4.78 is 20.1. The second kappa shape index (κ2) is 5.18. The van der Waals surface area contributed by atoms with Crippen LogP contribution in [-0.2, 0) is 6.54 Å². The average molecular weight is 249 g/mol. The van der Waals surface area contributed by atoms with Crippen molar-refractivity contribution in [3.63, 3.8) is 0 Å². The van der Waals surface area contributed by atoms with Gasteiger partial charge < -0.3 is 10.5 Å². The van der Waals surface area contributed by atoms with Crippen molar-refractivity contribution in [3.8, 4) is 5.75 Å². The highest BCUT2D eigenvalue weighted by molar-refractivity contribution is 5.36. The fraction of sp³-hybridized carbons (Fsp3) is 0.308. The Morgan fingerprint density at radius 3 is 2.83 bits per heavy atom. The first kappa shape index (κ1) is 12.6. The number of benzene rings is 1. The molecule has 96 valence electrons. The fourth-order valence-electron chi connectivity index (χ4n) is 1.78. The third-order valence-corrected chi connectivity index (χ3v) is 2.87. The Morgan fingerprint density at radius 2 is 2.22 bits per heavy atom. The van der Waals surface area contributed by atoms with Gasteiger partial charge in [0, 0.05) is 18.3 Å². The molecule has 0 bridgehead atoms. The fourth-order valence-corrected chi connectivity index (χ4v) is 1.78. The van der Waals surface area contributed by atoms with Crippen molar-refractivity contribution >= 4 is 0 Å². The summed E-state index contributed by atoms with van der Waals surface area (Å²) in [4.78, 5) is 0. The Kier molecular flexibility index (Phi) is 3.62. The molecule has 5 heteroatoms. The van der Waals surface area contributed by atoms with E-state index in [4.69, 9.17) is 10.5 Å². The zero-order valence-corrected chi connectivity index (χ0v) is 10.4. The summed E-state index contributed by atoms with van der Waals surface area (Å²) in [5.41, 5.74) is 7.82. The van der Waals surface area contributed by atoms with Crippen LogP contribution in [0.4, 0.5) is 4.39 Å². The van der Waals surface area contributed by atoms with E-state index in [1.54, 1.807) is 23.0 Å². The maximum Gasteiger partial charge on any atom is 0.165 e. The number of ether oxygens (including phenoxy) is 1. The number of aromatic nitrogens is 2. The highest BCUT2D eigenvalue weighted by Gasteiger charge is 2.13. The molecule has 0 radical (unpaired) electrons. The van der Waals surface area contributed by atoms with Gasteiger partial charge in [0.2, 0.25) is 0 Å². The minimum Gasteiger partial charge on any atom is -0.494 e. The van der Waals surface area contributed by atoms with Crippen molar-refractivity contribution in [1.29, 1.82) is 0 Å². The molecule has 0 saturated carbocycles. The van der Waals surface area contributed by atoms with E-state index in [0.717, 1.165) is 17.7 Å². The van der Waals surface area contributed by atoms with E-state index in [1.165, 1.54) is 13.2 Å². The van der Waals surface area contributed by atoms with Gasteiger partial charge in [-0.3, -0.25) is 4.68 Å². The molecule has 0 aliphatic carbocycles. The van der Waals surface area contributed by atoms with Gasteiger partial charge in [0.1, 0.15) is 0 Å². The minimum atomic E-state index is -0.391. The number of hydrogen-bond acceptors (Lipinski definition) is 3. The van der Waals surface area contributed by atoms with Crippen LogP contribution in [0.15, 0.2) is 30.6 Å². The summed E-state index contributed by atoms with van der Waals surface area (Å²) in [6.07, 6.45) is 3.62. The number of nitrogens with two attached hydrogens (primary N) is 1. The van der Waals surface area contributed by atoms with Crippen LogP contribution in [0.3, 0.4) is 0 Å². The number of nitrogens with zero attached hydrogens (tertiary/aromatic N) is 2. The van der Waals surface area contributed by atoms with Gasteiger partial charge >= 0.3 is 0 Å². The van der Waals surface area contributed by atoms with Crippen LogP contribution in [0.1, 0.15) is 24.1 Å². The predicted octanol–water partition coefficient (Wildman–Crippen LogP) is 2.10. The van der Waals surface area contributed by atoms with E-state index >= 15 is 0 Å². The molecule has 1 heterocycles. The minimum absolute atomic E-state index is 0.200. The van der Waals surface area contributed by atoms with E-state index < -0.39 is 5.82 Å². The summed E-state index contributed by atoms with van der Waals surface area (Å²) in [5, 5.41) is 4.17. The normalized spacial score (nSPS) is 12.4. The number of halogens is 1. The van der Waals surface area contributed by atoms with Crippen molar-refractivity contribution < 1.29 is 9.13 Å². The van der Waals surface area contributed by atoms with Gasteiger partial charge in [-0.05, 0) is 24.6 Å². The first-order chi connectivity index (χ1) is 8.65. The Hall–Kier alpha value is -1.88. The van der Waals surface area contributed by atoms with Crippen LogP contribution in [0, 0.1) is 5.82 Å². The molecule has 1 unspecified atom stereocenters. The van der Waals surface area contributed by atoms with Crippen molar-refractivity contribution in [2.45, 2.75) is 19.5 Å². The van der Waals surface area contributed by atoms with Crippen LogP contribution in [-0.4, -0.2) is 16.9 Å². The molecule has 4 nitrogen and oxygen atoms in total. The third-order valence-electron chi connectivity index (χ3n) is 2.87. The van der Waals surface area contributed by atoms with Crippen LogP contribution in [0.2, 0.25) is 0 Å². The molecule has 2 rings (SSSR count). The van der Waals surface area contributed by atoms with Crippen LogP contribution >= 0.6 is 0 Å². The second-order valence-corrected chi connectivity index (χ2v) is 4.00. The van der Waals surface area contributed by atoms with Gasteiger partial charge in [-0.2, -0.15) is 5.10 Å². The van der Waals surface area contributed by atoms with Crippen molar-refractivity contribution in [1.82, 2.24) is 9.78 Å². The first-order valence-corrected chi connectivity index (χ1v) is 5.77. The third kappa shape index (κ3) is 2.36. The summed E-state index contributed by atoms with van der Waals surface area (Å²) in [6.45, 7) is 2.79. The topological polar surface area (TPSA) is 53.1 Å². The second-order valence-electron chi connectivity index (χ2n) is 4.00. The van der Waals surface area contributed by atoms with E-state index in [-0.39, 0.29) is 11.8 Å².